The smallest absolute Gasteiger partial charge is 0.228 e. The number of methoxy groups -OCH3 is 1. The second-order valence-electron chi connectivity index (χ2n) is 8.99. The van der Waals surface area contributed by atoms with Gasteiger partial charge in [0.1, 0.15) is 11.9 Å². The summed E-state index contributed by atoms with van der Waals surface area (Å²) in [6.45, 7) is 5.97. The average molecular weight is 423 g/mol. The normalized spacial score (nSPS) is 23.1. The molecule has 0 bridgehead atoms. The number of rotatable bonds is 5. The van der Waals surface area contributed by atoms with Crippen molar-refractivity contribution in [2.24, 2.45) is 5.92 Å². The monoisotopic (exact) mass is 422 g/mol. The zero-order chi connectivity index (χ0) is 22.0. The van der Waals surface area contributed by atoms with Crippen LogP contribution in [0.5, 0.6) is 5.75 Å². The molecule has 2 atom stereocenters. The predicted molar refractivity (Wildman–Crippen MR) is 117 cm³/mol. The van der Waals surface area contributed by atoms with Gasteiger partial charge in [-0.05, 0) is 37.1 Å². The van der Waals surface area contributed by atoms with Gasteiger partial charge in [0, 0.05) is 19.5 Å². The Hall–Kier alpha value is -2.86. The molecule has 164 valence electrons. The van der Waals surface area contributed by atoms with Gasteiger partial charge in [0.25, 0.3) is 0 Å². The third-order valence-corrected chi connectivity index (χ3v) is 6.25. The molecule has 2 saturated heterocycles. The first kappa shape index (κ1) is 21.4. The van der Waals surface area contributed by atoms with E-state index in [1.54, 1.807) is 12.0 Å². The molecule has 0 spiro atoms. The van der Waals surface area contributed by atoms with Gasteiger partial charge in [-0.3, -0.25) is 9.59 Å². The summed E-state index contributed by atoms with van der Waals surface area (Å²) in [4.78, 5) is 29.9. The number of likely N-dealkylation sites (tertiary alicyclic amines) is 1. The molecule has 2 aromatic carbocycles. The predicted octanol–water partition coefficient (Wildman–Crippen LogP) is 3.42. The van der Waals surface area contributed by atoms with Crippen LogP contribution in [0.1, 0.15) is 37.5 Å². The Labute approximate surface area is 183 Å². The Morgan fingerprint density at radius 2 is 1.81 bits per heavy atom. The van der Waals surface area contributed by atoms with E-state index in [0.717, 1.165) is 16.9 Å². The SMILES string of the molecule is COc1ccc(CN2CC(C(=O)N3CC(c4ccccc4)OCC3(C)C)CC2=O)cc1. The minimum atomic E-state index is -0.408. The molecule has 2 aromatic rings. The highest BCUT2D eigenvalue weighted by atomic mass is 16.5. The maximum absolute atomic E-state index is 13.5. The molecule has 2 unspecified atom stereocenters. The molecule has 2 aliphatic heterocycles. The van der Waals surface area contributed by atoms with Crippen molar-refractivity contribution in [2.45, 2.75) is 38.5 Å². The summed E-state index contributed by atoms with van der Waals surface area (Å²) in [6, 6.07) is 17.7. The highest BCUT2D eigenvalue weighted by molar-refractivity contribution is 5.89. The van der Waals surface area contributed by atoms with Gasteiger partial charge < -0.3 is 19.3 Å². The van der Waals surface area contributed by atoms with Crippen LogP contribution < -0.4 is 4.74 Å². The summed E-state index contributed by atoms with van der Waals surface area (Å²) >= 11 is 0. The largest absolute Gasteiger partial charge is 0.497 e. The van der Waals surface area contributed by atoms with Crippen molar-refractivity contribution < 1.29 is 19.1 Å². The fourth-order valence-electron chi connectivity index (χ4n) is 4.37. The number of carbonyl (C=O) groups excluding carboxylic acids is 2. The first-order valence-corrected chi connectivity index (χ1v) is 10.8. The topological polar surface area (TPSA) is 59.1 Å². The number of morpholine rings is 1. The van der Waals surface area contributed by atoms with E-state index >= 15 is 0 Å². The third-order valence-electron chi connectivity index (χ3n) is 6.25. The van der Waals surface area contributed by atoms with Crippen molar-refractivity contribution in [3.63, 3.8) is 0 Å². The lowest BCUT2D eigenvalue weighted by molar-refractivity contribution is -0.158. The van der Waals surface area contributed by atoms with Crippen LogP contribution in [-0.2, 0) is 20.9 Å². The zero-order valence-corrected chi connectivity index (χ0v) is 18.4. The summed E-state index contributed by atoms with van der Waals surface area (Å²) < 4.78 is 11.3. The number of amides is 2. The van der Waals surface area contributed by atoms with E-state index in [4.69, 9.17) is 9.47 Å². The van der Waals surface area contributed by atoms with E-state index in [2.05, 4.69) is 0 Å². The van der Waals surface area contributed by atoms with Crippen LogP contribution in [-0.4, -0.2) is 54.0 Å². The van der Waals surface area contributed by atoms with E-state index in [1.165, 1.54) is 0 Å². The molecule has 2 aliphatic rings. The molecule has 2 fully saturated rings. The van der Waals surface area contributed by atoms with Gasteiger partial charge >= 0.3 is 0 Å². The van der Waals surface area contributed by atoms with Gasteiger partial charge in [-0.25, -0.2) is 0 Å². The maximum Gasteiger partial charge on any atom is 0.228 e. The van der Waals surface area contributed by atoms with Crippen molar-refractivity contribution in [1.82, 2.24) is 9.80 Å². The lowest BCUT2D eigenvalue weighted by Crippen LogP contribution is -2.57. The Bertz CT molecular complexity index is 926. The van der Waals surface area contributed by atoms with E-state index in [1.807, 2.05) is 73.3 Å². The van der Waals surface area contributed by atoms with Gasteiger partial charge in [0.2, 0.25) is 11.8 Å². The minimum absolute atomic E-state index is 0.0276. The van der Waals surface area contributed by atoms with Crippen molar-refractivity contribution >= 4 is 11.8 Å². The first-order chi connectivity index (χ1) is 14.9. The molecular weight excluding hydrogens is 392 g/mol. The molecule has 6 heteroatoms. The van der Waals surface area contributed by atoms with Gasteiger partial charge in [-0.2, -0.15) is 0 Å². The van der Waals surface area contributed by atoms with Crippen LogP contribution in [0.3, 0.4) is 0 Å². The van der Waals surface area contributed by atoms with Crippen LogP contribution in [0.4, 0.5) is 0 Å². The molecule has 6 nitrogen and oxygen atoms in total. The van der Waals surface area contributed by atoms with Gasteiger partial charge in [0.05, 0.1) is 31.7 Å². The highest BCUT2D eigenvalue weighted by Gasteiger charge is 2.44. The Morgan fingerprint density at radius 1 is 1.10 bits per heavy atom. The number of benzene rings is 2. The lowest BCUT2D eigenvalue weighted by Gasteiger charge is -2.46. The van der Waals surface area contributed by atoms with E-state index in [0.29, 0.717) is 26.2 Å². The molecule has 2 heterocycles. The summed E-state index contributed by atoms with van der Waals surface area (Å²) in [5, 5.41) is 0. The molecule has 0 aromatic heterocycles. The van der Waals surface area contributed by atoms with Crippen molar-refractivity contribution in [2.75, 3.05) is 26.8 Å². The molecule has 0 saturated carbocycles. The third kappa shape index (κ3) is 4.59. The molecule has 0 N–H and O–H groups in total. The van der Waals surface area contributed by atoms with Gasteiger partial charge in [-0.1, -0.05) is 42.5 Å². The quantitative estimate of drug-likeness (QED) is 0.741. The lowest BCUT2D eigenvalue weighted by atomic mass is 9.95. The van der Waals surface area contributed by atoms with E-state index in [-0.39, 0.29) is 30.3 Å². The van der Waals surface area contributed by atoms with Crippen LogP contribution in [0, 0.1) is 5.92 Å². The fraction of sp³-hybridized carbons (Fsp3) is 0.440. The number of carbonyl (C=O) groups is 2. The maximum atomic E-state index is 13.5. The Balaban J connectivity index is 1.44. The number of nitrogens with zero attached hydrogens (tertiary/aromatic N) is 2. The Morgan fingerprint density at radius 3 is 2.48 bits per heavy atom. The summed E-state index contributed by atoms with van der Waals surface area (Å²) in [5.41, 5.74) is 1.69. The number of hydrogen-bond acceptors (Lipinski definition) is 4. The van der Waals surface area contributed by atoms with Gasteiger partial charge in [0.15, 0.2) is 0 Å². The van der Waals surface area contributed by atoms with Gasteiger partial charge in [-0.15, -0.1) is 0 Å². The Kier molecular flexibility index (Phi) is 6.01. The molecular formula is C25H30N2O4. The molecule has 2 amide bonds. The number of hydrogen-bond donors (Lipinski definition) is 0. The summed E-state index contributed by atoms with van der Waals surface area (Å²) in [6.07, 6.45) is 0.115. The van der Waals surface area contributed by atoms with Crippen LogP contribution in [0.25, 0.3) is 0 Å². The number of ether oxygens (including phenoxy) is 2. The fourth-order valence-corrected chi connectivity index (χ4v) is 4.37. The first-order valence-electron chi connectivity index (χ1n) is 10.8. The average Bonchev–Trinajstić information content (AvgIpc) is 3.14. The second kappa shape index (κ2) is 8.71. The van der Waals surface area contributed by atoms with Crippen LogP contribution in [0.2, 0.25) is 0 Å². The molecule has 0 radical (unpaired) electrons. The highest BCUT2D eigenvalue weighted by Crippen LogP contribution is 2.33. The second-order valence-corrected chi connectivity index (χ2v) is 8.99. The minimum Gasteiger partial charge on any atom is -0.497 e. The molecule has 0 aliphatic carbocycles. The van der Waals surface area contributed by atoms with Crippen LogP contribution >= 0.6 is 0 Å². The van der Waals surface area contributed by atoms with E-state index < -0.39 is 5.54 Å². The summed E-state index contributed by atoms with van der Waals surface area (Å²) in [7, 11) is 1.63. The summed E-state index contributed by atoms with van der Waals surface area (Å²) in [5.74, 6) is 0.534. The van der Waals surface area contributed by atoms with E-state index in [9.17, 15) is 9.59 Å². The van der Waals surface area contributed by atoms with Crippen LogP contribution in [0.15, 0.2) is 54.6 Å². The van der Waals surface area contributed by atoms with Crippen molar-refractivity contribution in [3.8, 4) is 5.75 Å². The molecule has 31 heavy (non-hydrogen) atoms. The zero-order valence-electron chi connectivity index (χ0n) is 18.4. The van der Waals surface area contributed by atoms with Crippen molar-refractivity contribution in [3.05, 3.63) is 65.7 Å². The van der Waals surface area contributed by atoms with Crippen molar-refractivity contribution in [1.29, 1.82) is 0 Å². The molecule has 4 rings (SSSR count). The standard InChI is InChI=1S/C25H30N2O4/c1-25(2)17-31-22(19-7-5-4-6-8-19)16-27(25)24(29)20-13-23(28)26(15-20)14-18-9-11-21(30-3)12-10-18/h4-12,20,22H,13-17H2,1-3H3.